The van der Waals surface area contributed by atoms with Crippen molar-refractivity contribution in [3.63, 3.8) is 0 Å². The van der Waals surface area contributed by atoms with Crippen LogP contribution in [-0.2, 0) is 9.53 Å². The van der Waals surface area contributed by atoms with Crippen LogP contribution in [0.25, 0.3) is 0 Å². The van der Waals surface area contributed by atoms with Crippen molar-refractivity contribution < 1.29 is 9.53 Å². The third kappa shape index (κ3) is 3.72. The molecule has 0 aromatic carbocycles. The Morgan fingerprint density at radius 3 is 2.53 bits per heavy atom. The van der Waals surface area contributed by atoms with Crippen LogP contribution in [-0.4, -0.2) is 12.1 Å². The zero-order chi connectivity index (χ0) is 23.3. The van der Waals surface area contributed by atoms with E-state index in [4.69, 9.17) is 4.74 Å². The van der Waals surface area contributed by atoms with Crippen molar-refractivity contribution in [2.45, 2.75) is 119 Å². The number of hydrogen-bond donors (Lipinski definition) is 0. The molecule has 0 aromatic rings. The largest absolute Gasteiger partial charge is 0.462 e. The SMILES string of the molecule is CC(=O)OC1CC2=C(CC[C@]3(C)[C@@H]([C@H](C)CCCC(C)C)CC[C@@]23C)[C@@]2(C)CC=CCC12. The van der Waals surface area contributed by atoms with E-state index in [9.17, 15) is 4.79 Å². The van der Waals surface area contributed by atoms with Gasteiger partial charge in [-0.1, -0.05) is 84.1 Å². The van der Waals surface area contributed by atoms with Crippen LogP contribution in [0, 0.1) is 39.9 Å². The van der Waals surface area contributed by atoms with Crippen molar-refractivity contribution >= 4 is 5.97 Å². The van der Waals surface area contributed by atoms with Gasteiger partial charge in [0, 0.05) is 19.3 Å². The van der Waals surface area contributed by atoms with Gasteiger partial charge in [-0.3, -0.25) is 4.79 Å². The van der Waals surface area contributed by atoms with Crippen LogP contribution >= 0.6 is 0 Å². The van der Waals surface area contributed by atoms with Gasteiger partial charge in [-0.2, -0.15) is 0 Å². The highest BCUT2D eigenvalue weighted by atomic mass is 16.5. The average Bonchev–Trinajstić information content (AvgIpc) is 2.99. The number of allylic oxidation sites excluding steroid dienone is 3. The lowest BCUT2D eigenvalue weighted by atomic mass is 9.46. The van der Waals surface area contributed by atoms with E-state index in [1.807, 2.05) is 0 Å². The summed E-state index contributed by atoms with van der Waals surface area (Å²) in [4.78, 5) is 12.1. The maximum Gasteiger partial charge on any atom is 0.302 e. The van der Waals surface area contributed by atoms with Crippen molar-refractivity contribution in [2.75, 3.05) is 0 Å². The first-order valence-electron chi connectivity index (χ1n) is 13.6. The highest BCUT2D eigenvalue weighted by molar-refractivity contribution is 5.66. The molecule has 0 aliphatic heterocycles. The first kappa shape index (κ1) is 24.1. The number of fused-ring (bicyclic) bond motifs is 4. The Morgan fingerprint density at radius 2 is 1.84 bits per heavy atom. The molecule has 1 saturated carbocycles. The number of ether oxygens (including phenoxy) is 1. The summed E-state index contributed by atoms with van der Waals surface area (Å²) < 4.78 is 6.04. The van der Waals surface area contributed by atoms with E-state index in [-0.39, 0.29) is 22.9 Å². The first-order chi connectivity index (χ1) is 15.0. The van der Waals surface area contributed by atoms with Gasteiger partial charge >= 0.3 is 5.97 Å². The molecule has 7 atom stereocenters. The zero-order valence-corrected chi connectivity index (χ0v) is 21.9. The molecule has 32 heavy (non-hydrogen) atoms. The molecule has 0 aromatic heterocycles. The van der Waals surface area contributed by atoms with Crippen LogP contribution in [0.3, 0.4) is 0 Å². The Kier molecular flexibility index (Phi) is 6.49. The fourth-order valence-electron chi connectivity index (χ4n) is 8.80. The van der Waals surface area contributed by atoms with Crippen LogP contribution in [0.15, 0.2) is 23.3 Å². The molecule has 2 heteroatoms. The van der Waals surface area contributed by atoms with E-state index in [0.29, 0.717) is 11.3 Å². The van der Waals surface area contributed by atoms with Crippen molar-refractivity contribution in [1.29, 1.82) is 0 Å². The van der Waals surface area contributed by atoms with Crippen LogP contribution in [0.4, 0.5) is 0 Å². The lowest BCUT2D eigenvalue weighted by Gasteiger charge is -2.59. The Hall–Kier alpha value is -1.05. The molecular formula is C30H48O2. The second kappa shape index (κ2) is 8.62. The van der Waals surface area contributed by atoms with Crippen LogP contribution in [0.5, 0.6) is 0 Å². The predicted molar refractivity (Wildman–Crippen MR) is 133 cm³/mol. The van der Waals surface area contributed by atoms with Gasteiger partial charge in [0.1, 0.15) is 6.10 Å². The number of rotatable bonds is 6. The molecule has 0 bridgehead atoms. The van der Waals surface area contributed by atoms with Gasteiger partial charge in [-0.05, 0) is 72.5 Å². The number of carbonyl (C=O) groups is 1. The summed E-state index contributed by atoms with van der Waals surface area (Å²) in [5.41, 5.74) is 4.24. The van der Waals surface area contributed by atoms with Crippen LogP contribution < -0.4 is 0 Å². The summed E-state index contributed by atoms with van der Waals surface area (Å²) in [6.45, 7) is 16.5. The van der Waals surface area contributed by atoms with E-state index in [1.54, 1.807) is 18.1 Å². The van der Waals surface area contributed by atoms with Gasteiger partial charge in [0.2, 0.25) is 0 Å². The molecule has 0 heterocycles. The normalized spacial score (nSPS) is 41.8. The lowest BCUT2D eigenvalue weighted by molar-refractivity contribution is -0.153. The molecule has 2 unspecified atom stereocenters. The molecule has 4 aliphatic carbocycles. The quantitative estimate of drug-likeness (QED) is 0.307. The maximum absolute atomic E-state index is 12.1. The summed E-state index contributed by atoms with van der Waals surface area (Å²) in [7, 11) is 0. The van der Waals surface area contributed by atoms with Crippen LogP contribution in [0.1, 0.15) is 113 Å². The van der Waals surface area contributed by atoms with Gasteiger partial charge in [0.25, 0.3) is 0 Å². The Morgan fingerprint density at radius 1 is 1.09 bits per heavy atom. The minimum absolute atomic E-state index is 0.0443. The smallest absolute Gasteiger partial charge is 0.302 e. The van der Waals surface area contributed by atoms with E-state index in [2.05, 4.69) is 53.7 Å². The first-order valence-corrected chi connectivity index (χ1v) is 13.6. The van der Waals surface area contributed by atoms with Gasteiger partial charge < -0.3 is 4.74 Å². The predicted octanol–water partition coefficient (Wildman–Crippen LogP) is 8.27. The van der Waals surface area contributed by atoms with E-state index >= 15 is 0 Å². The molecular weight excluding hydrogens is 392 g/mol. The maximum atomic E-state index is 12.1. The topological polar surface area (TPSA) is 26.3 Å². The summed E-state index contributed by atoms with van der Waals surface area (Å²) in [6.07, 6.45) is 17.3. The minimum Gasteiger partial charge on any atom is -0.462 e. The molecule has 2 nitrogen and oxygen atoms in total. The average molecular weight is 441 g/mol. The highest BCUT2D eigenvalue weighted by Crippen LogP contribution is 2.71. The highest BCUT2D eigenvalue weighted by Gasteiger charge is 2.62. The molecule has 0 amide bonds. The number of carbonyl (C=O) groups excluding carboxylic acids is 1. The molecule has 4 rings (SSSR count). The standard InChI is InChI=1S/C30H48O2/c1-20(2)11-10-12-21(3)23-14-17-30(7)26-19-27(32-22(4)31)25-13-8-9-16-28(25,5)24(26)15-18-29(23,30)6/h8-9,20-21,23,25,27H,10-19H2,1-7H3/t21-,23-,25?,27?,28-,29-,30+/m1/s1. The van der Waals surface area contributed by atoms with Crippen molar-refractivity contribution in [2.24, 2.45) is 39.9 Å². The summed E-state index contributed by atoms with van der Waals surface area (Å²) in [5.74, 6) is 2.76. The lowest BCUT2D eigenvalue weighted by Crippen LogP contribution is -2.52. The fraction of sp³-hybridized carbons (Fsp3) is 0.833. The number of hydrogen-bond acceptors (Lipinski definition) is 2. The van der Waals surface area contributed by atoms with Crippen molar-refractivity contribution in [3.05, 3.63) is 23.3 Å². The zero-order valence-electron chi connectivity index (χ0n) is 21.9. The molecule has 4 aliphatic rings. The van der Waals surface area contributed by atoms with Crippen LogP contribution in [0.2, 0.25) is 0 Å². The van der Waals surface area contributed by atoms with E-state index in [0.717, 1.165) is 37.0 Å². The second-order valence-corrected chi connectivity index (χ2v) is 12.9. The Bertz CT molecular complexity index is 791. The van der Waals surface area contributed by atoms with E-state index < -0.39 is 0 Å². The third-order valence-electron chi connectivity index (χ3n) is 10.9. The van der Waals surface area contributed by atoms with Gasteiger partial charge in [-0.25, -0.2) is 0 Å². The summed E-state index contributed by atoms with van der Waals surface area (Å²) >= 11 is 0. The van der Waals surface area contributed by atoms with Gasteiger partial charge in [0.05, 0.1) is 0 Å². The monoisotopic (exact) mass is 440 g/mol. The Labute approximate surface area is 197 Å². The fourth-order valence-corrected chi connectivity index (χ4v) is 8.80. The molecule has 0 radical (unpaired) electrons. The minimum atomic E-state index is -0.109. The van der Waals surface area contributed by atoms with Crippen molar-refractivity contribution in [3.8, 4) is 0 Å². The third-order valence-corrected chi connectivity index (χ3v) is 10.9. The Balaban J connectivity index is 1.66. The molecule has 180 valence electrons. The van der Waals surface area contributed by atoms with Crippen molar-refractivity contribution in [1.82, 2.24) is 0 Å². The number of esters is 1. The molecule has 0 saturated heterocycles. The summed E-state index contributed by atoms with van der Waals surface area (Å²) in [6, 6.07) is 0. The summed E-state index contributed by atoms with van der Waals surface area (Å²) in [5, 5.41) is 0. The van der Waals surface area contributed by atoms with E-state index in [1.165, 1.54) is 44.9 Å². The van der Waals surface area contributed by atoms with Gasteiger partial charge in [-0.15, -0.1) is 0 Å². The van der Waals surface area contributed by atoms with Gasteiger partial charge in [0.15, 0.2) is 0 Å². The second-order valence-electron chi connectivity index (χ2n) is 12.9. The molecule has 0 N–H and O–H groups in total. The molecule has 1 fully saturated rings. The molecule has 0 spiro atoms.